The van der Waals surface area contributed by atoms with Crippen molar-refractivity contribution in [2.24, 2.45) is 11.8 Å². The molecule has 0 bridgehead atoms. The number of aromatic amines is 1. The van der Waals surface area contributed by atoms with Gasteiger partial charge in [0.05, 0.1) is 29.5 Å². The van der Waals surface area contributed by atoms with Crippen molar-refractivity contribution in [2.45, 2.75) is 70.4 Å². The quantitative estimate of drug-likeness (QED) is 0.819. The fourth-order valence-corrected chi connectivity index (χ4v) is 5.36. The Labute approximate surface area is 180 Å². The van der Waals surface area contributed by atoms with Gasteiger partial charge in [0.25, 0.3) is 5.56 Å². The molecule has 6 rings (SSSR count). The number of nitrogens with one attached hydrogen (secondary N) is 1. The first-order chi connectivity index (χ1) is 15.1. The van der Waals surface area contributed by atoms with Crippen LogP contribution in [0.1, 0.15) is 74.4 Å². The van der Waals surface area contributed by atoms with Crippen molar-refractivity contribution < 1.29 is 9.59 Å². The molecule has 2 saturated carbocycles. The van der Waals surface area contributed by atoms with E-state index in [1.165, 1.54) is 4.52 Å². The van der Waals surface area contributed by atoms with Crippen molar-refractivity contribution in [2.75, 3.05) is 13.1 Å². The van der Waals surface area contributed by atoms with E-state index in [1.807, 2.05) is 15.9 Å². The van der Waals surface area contributed by atoms with Crippen molar-refractivity contribution in [3.05, 3.63) is 33.4 Å². The second-order valence-corrected chi connectivity index (χ2v) is 9.70. The Bertz CT molecular complexity index is 1110. The van der Waals surface area contributed by atoms with Gasteiger partial charge in [0, 0.05) is 37.4 Å². The minimum atomic E-state index is -0.117. The number of likely N-dealkylation sites (tertiary alicyclic amines) is 1. The van der Waals surface area contributed by atoms with Gasteiger partial charge in [0.2, 0.25) is 11.8 Å². The summed E-state index contributed by atoms with van der Waals surface area (Å²) in [5.74, 6) is 0.773. The molecule has 2 amide bonds. The Balaban J connectivity index is 1.32. The highest BCUT2D eigenvalue weighted by Crippen LogP contribution is 2.37. The first kappa shape index (κ1) is 19.1. The van der Waals surface area contributed by atoms with E-state index < -0.39 is 0 Å². The molecule has 2 aliphatic heterocycles. The molecule has 0 radical (unpaired) electrons. The topological polar surface area (TPSA) is 90.8 Å². The van der Waals surface area contributed by atoms with Crippen LogP contribution >= 0.6 is 0 Å². The van der Waals surface area contributed by atoms with Gasteiger partial charge in [-0.05, 0) is 44.9 Å². The normalized spacial score (nSPS) is 24.2. The predicted molar refractivity (Wildman–Crippen MR) is 113 cm³/mol. The van der Waals surface area contributed by atoms with Crippen molar-refractivity contribution in [3.8, 4) is 0 Å². The Hall–Kier alpha value is -2.64. The average Bonchev–Trinajstić information content (AvgIpc) is 3.51. The third-order valence-electron chi connectivity index (χ3n) is 7.62. The van der Waals surface area contributed by atoms with E-state index in [9.17, 15) is 14.4 Å². The number of hydrogen-bond acceptors (Lipinski definition) is 4. The number of piperidine rings is 1. The van der Waals surface area contributed by atoms with Gasteiger partial charge < -0.3 is 9.80 Å². The van der Waals surface area contributed by atoms with Gasteiger partial charge in [-0.15, -0.1) is 0 Å². The summed E-state index contributed by atoms with van der Waals surface area (Å²) in [4.78, 5) is 47.4. The summed E-state index contributed by atoms with van der Waals surface area (Å²) in [7, 11) is 0. The third-order valence-corrected chi connectivity index (χ3v) is 7.62. The van der Waals surface area contributed by atoms with Crippen LogP contribution in [0.3, 0.4) is 0 Å². The molecular formula is C23H29N5O3. The standard InChI is InChI=1S/C23H29N5O3/c29-21(14-4-3-5-14)26-11-9-17-16(13-26)23(31)28-20(24-17)12-18(25-28)19-6-1-2-10-27(19)22(30)15-7-8-15/h12,14-15,19,25H,1-11,13H2/t19-/m0/s1. The lowest BCUT2D eigenvalue weighted by atomic mass is 9.84. The summed E-state index contributed by atoms with van der Waals surface area (Å²) in [5, 5.41) is 3.26. The average molecular weight is 424 g/mol. The van der Waals surface area contributed by atoms with Gasteiger partial charge in [-0.1, -0.05) is 6.42 Å². The summed E-state index contributed by atoms with van der Waals surface area (Å²) in [5.41, 5.74) is 2.82. The van der Waals surface area contributed by atoms with Crippen LogP contribution in [-0.4, -0.2) is 49.3 Å². The minimum Gasteiger partial charge on any atom is -0.337 e. The van der Waals surface area contributed by atoms with E-state index in [0.29, 0.717) is 30.7 Å². The van der Waals surface area contributed by atoms with Gasteiger partial charge >= 0.3 is 0 Å². The zero-order valence-electron chi connectivity index (χ0n) is 17.8. The van der Waals surface area contributed by atoms with Gasteiger partial charge in [-0.3, -0.25) is 19.5 Å². The first-order valence-electron chi connectivity index (χ1n) is 11.8. The van der Waals surface area contributed by atoms with E-state index in [4.69, 9.17) is 4.98 Å². The van der Waals surface area contributed by atoms with Crippen LogP contribution in [0, 0.1) is 11.8 Å². The van der Waals surface area contributed by atoms with Gasteiger partial charge in [-0.25, -0.2) is 9.50 Å². The monoisotopic (exact) mass is 423 g/mol. The maximum absolute atomic E-state index is 13.3. The molecule has 0 aromatic carbocycles. The number of hydrogen-bond donors (Lipinski definition) is 1. The minimum absolute atomic E-state index is 0.0170. The van der Waals surface area contributed by atoms with E-state index in [-0.39, 0.29) is 35.3 Å². The molecule has 1 saturated heterocycles. The van der Waals surface area contributed by atoms with Crippen LogP contribution in [0.2, 0.25) is 0 Å². The number of aromatic nitrogens is 3. The fourth-order valence-electron chi connectivity index (χ4n) is 5.36. The Morgan fingerprint density at radius 1 is 0.968 bits per heavy atom. The molecule has 8 nitrogen and oxygen atoms in total. The largest absolute Gasteiger partial charge is 0.337 e. The van der Waals surface area contributed by atoms with Crippen molar-refractivity contribution >= 4 is 17.5 Å². The molecule has 1 N–H and O–H groups in total. The number of H-pyrrole nitrogens is 1. The van der Waals surface area contributed by atoms with E-state index in [2.05, 4.69) is 5.10 Å². The van der Waals surface area contributed by atoms with E-state index in [0.717, 1.165) is 69.3 Å². The Morgan fingerprint density at radius 2 is 1.77 bits per heavy atom. The smallest absolute Gasteiger partial charge is 0.277 e. The Morgan fingerprint density at radius 3 is 2.52 bits per heavy atom. The van der Waals surface area contributed by atoms with Gasteiger partial charge in [-0.2, -0.15) is 0 Å². The highest BCUT2D eigenvalue weighted by molar-refractivity contribution is 5.81. The van der Waals surface area contributed by atoms with Crippen molar-refractivity contribution in [3.63, 3.8) is 0 Å². The zero-order chi connectivity index (χ0) is 21.1. The predicted octanol–water partition coefficient (Wildman–Crippen LogP) is 2.17. The lowest BCUT2D eigenvalue weighted by Crippen LogP contribution is -2.44. The molecular weight excluding hydrogens is 394 g/mol. The third kappa shape index (κ3) is 3.18. The van der Waals surface area contributed by atoms with E-state index >= 15 is 0 Å². The van der Waals surface area contributed by atoms with Crippen LogP contribution in [0.5, 0.6) is 0 Å². The molecule has 2 aromatic rings. The summed E-state index contributed by atoms with van der Waals surface area (Å²) in [6.07, 6.45) is 8.69. The maximum Gasteiger partial charge on any atom is 0.277 e. The summed E-state index contributed by atoms with van der Waals surface area (Å²) < 4.78 is 1.51. The number of carbonyl (C=O) groups is 2. The Kier molecular flexibility index (Phi) is 4.43. The van der Waals surface area contributed by atoms with Gasteiger partial charge in [0.1, 0.15) is 0 Å². The van der Waals surface area contributed by atoms with Crippen LogP contribution in [0.25, 0.3) is 5.65 Å². The van der Waals surface area contributed by atoms with Gasteiger partial charge in [0.15, 0.2) is 5.65 Å². The van der Waals surface area contributed by atoms with Crippen LogP contribution in [0.4, 0.5) is 0 Å². The highest BCUT2D eigenvalue weighted by atomic mass is 16.2. The molecule has 1 atom stereocenters. The molecule has 8 heteroatoms. The molecule has 2 aromatic heterocycles. The maximum atomic E-state index is 13.3. The molecule has 3 fully saturated rings. The van der Waals surface area contributed by atoms with Crippen molar-refractivity contribution in [1.29, 1.82) is 0 Å². The zero-order valence-corrected chi connectivity index (χ0v) is 17.8. The lowest BCUT2D eigenvalue weighted by molar-refractivity contribution is -0.139. The van der Waals surface area contributed by atoms with Crippen LogP contribution in [0.15, 0.2) is 10.9 Å². The molecule has 4 aliphatic rings. The molecule has 31 heavy (non-hydrogen) atoms. The molecule has 0 spiro atoms. The number of fused-ring (bicyclic) bond motifs is 2. The number of amides is 2. The second-order valence-electron chi connectivity index (χ2n) is 9.70. The van der Waals surface area contributed by atoms with E-state index in [1.54, 1.807) is 0 Å². The molecule has 2 aliphatic carbocycles. The SMILES string of the molecule is O=C(C1CCC1)N1CCc2nc3cc([C@@H]4CCCCN4C(=O)C4CC4)[nH]n3c(=O)c2C1. The summed E-state index contributed by atoms with van der Waals surface area (Å²) in [6.45, 7) is 1.77. The molecule has 4 heterocycles. The van der Waals surface area contributed by atoms with Crippen LogP contribution in [-0.2, 0) is 22.6 Å². The summed E-state index contributed by atoms with van der Waals surface area (Å²) >= 11 is 0. The first-order valence-corrected chi connectivity index (χ1v) is 11.8. The highest BCUT2D eigenvalue weighted by Gasteiger charge is 2.38. The molecule has 0 unspecified atom stereocenters. The number of nitrogens with zero attached hydrogens (tertiary/aromatic N) is 4. The number of rotatable bonds is 3. The summed E-state index contributed by atoms with van der Waals surface area (Å²) in [6, 6.07) is 1.92. The van der Waals surface area contributed by atoms with Crippen molar-refractivity contribution in [1.82, 2.24) is 24.4 Å². The lowest BCUT2D eigenvalue weighted by Gasteiger charge is -2.35. The second kappa shape index (κ2) is 7.21. The number of carbonyl (C=O) groups excluding carboxylic acids is 2. The molecule has 164 valence electrons. The fraction of sp³-hybridized carbons (Fsp3) is 0.652. The van der Waals surface area contributed by atoms with Crippen LogP contribution < -0.4 is 5.56 Å².